The van der Waals surface area contributed by atoms with Crippen molar-refractivity contribution in [3.8, 4) is 11.3 Å². The van der Waals surface area contributed by atoms with Gasteiger partial charge in [0.1, 0.15) is 12.4 Å². The lowest BCUT2D eigenvalue weighted by Gasteiger charge is -2.09. The number of rotatable bonds is 4. The van der Waals surface area contributed by atoms with E-state index in [-0.39, 0.29) is 17.8 Å². The molecule has 8 heteroatoms. The number of hydrogen-bond acceptors (Lipinski definition) is 3. The number of amides is 1. The molecule has 0 fully saturated rings. The number of carbonyl (C=O) groups is 1. The lowest BCUT2D eigenvalue weighted by atomic mass is 10.1. The molecule has 1 amide bonds. The highest BCUT2D eigenvalue weighted by atomic mass is 35.5. The van der Waals surface area contributed by atoms with Crippen molar-refractivity contribution in [1.29, 1.82) is 0 Å². The second kappa shape index (κ2) is 7.68. The Labute approximate surface area is 158 Å². The van der Waals surface area contributed by atoms with Gasteiger partial charge in [-0.25, -0.2) is 9.37 Å². The van der Waals surface area contributed by atoms with Gasteiger partial charge in [0.25, 0.3) is 5.56 Å². The van der Waals surface area contributed by atoms with Gasteiger partial charge >= 0.3 is 0 Å². The molecule has 0 spiro atoms. The van der Waals surface area contributed by atoms with Gasteiger partial charge in [-0.1, -0.05) is 35.3 Å². The zero-order valence-electron chi connectivity index (χ0n) is 13.2. The fourth-order valence-electron chi connectivity index (χ4n) is 2.34. The van der Waals surface area contributed by atoms with Crippen molar-refractivity contribution in [3.05, 3.63) is 81.1 Å². The Morgan fingerprint density at radius 2 is 1.81 bits per heavy atom. The van der Waals surface area contributed by atoms with Crippen LogP contribution in [0.15, 0.2) is 59.7 Å². The summed E-state index contributed by atoms with van der Waals surface area (Å²) in [6.45, 7) is -0.256. The van der Waals surface area contributed by atoms with E-state index in [1.165, 1.54) is 42.7 Å². The molecular weight excluding hydrogens is 380 g/mol. The maximum Gasteiger partial charge on any atom is 0.254 e. The minimum absolute atomic E-state index is 0.200. The first-order valence-electron chi connectivity index (χ1n) is 7.50. The van der Waals surface area contributed by atoms with Crippen LogP contribution in [0.2, 0.25) is 10.0 Å². The van der Waals surface area contributed by atoms with Crippen LogP contribution < -0.4 is 10.9 Å². The molecule has 0 aliphatic carbocycles. The van der Waals surface area contributed by atoms with Crippen molar-refractivity contribution in [3.63, 3.8) is 0 Å². The predicted octanol–water partition coefficient (Wildman–Crippen LogP) is 3.99. The molecule has 3 aromatic rings. The SMILES string of the molecule is O=C(Cn1cnc(-c2ccccc2F)cc1=O)Nc1cc(Cl)cc(Cl)c1. The second-order valence-corrected chi connectivity index (χ2v) is 6.30. The Balaban J connectivity index is 1.77. The molecule has 132 valence electrons. The van der Waals surface area contributed by atoms with Crippen molar-refractivity contribution in [2.75, 3.05) is 5.32 Å². The molecule has 1 aromatic heterocycles. The van der Waals surface area contributed by atoms with E-state index < -0.39 is 17.3 Å². The Morgan fingerprint density at radius 3 is 2.46 bits per heavy atom. The largest absolute Gasteiger partial charge is 0.324 e. The number of aromatic nitrogens is 2. The van der Waals surface area contributed by atoms with Crippen molar-refractivity contribution in [2.45, 2.75) is 6.54 Å². The van der Waals surface area contributed by atoms with Gasteiger partial charge in [-0.3, -0.25) is 14.2 Å². The molecule has 0 saturated carbocycles. The number of nitrogens with one attached hydrogen (secondary N) is 1. The molecule has 0 bridgehead atoms. The van der Waals surface area contributed by atoms with Crippen molar-refractivity contribution < 1.29 is 9.18 Å². The topological polar surface area (TPSA) is 64.0 Å². The first kappa shape index (κ1) is 18.1. The molecule has 0 aliphatic rings. The number of anilines is 1. The molecule has 2 aromatic carbocycles. The predicted molar refractivity (Wildman–Crippen MR) is 99.0 cm³/mol. The van der Waals surface area contributed by atoms with Crippen LogP contribution in [-0.4, -0.2) is 15.5 Å². The molecule has 5 nitrogen and oxygen atoms in total. The smallest absolute Gasteiger partial charge is 0.254 e. The third kappa shape index (κ3) is 4.28. The Morgan fingerprint density at radius 1 is 1.12 bits per heavy atom. The quantitative estimate of drug-likeness (QED) is 0.730. The number of hydrogen-bond donors (Lipinski definition) is 1. The second-order valence-electron chi connectivity index (χ2n) is 5.43. The Kier molecular flexibility index (Phi) is 5.35. The van der Waals surface area contributed by atoms with Gasteiger partial charge in [0.05, 0.1) is 12.0 Å². The normalized spacial score (nSPS) is 10.6. The minimum atomic E-state index is -0.479. The van der Waals surface area contributed by atoms with E-state index in [1.54, 1.807) is 12.1 Å². The van der Waals surface area contributed by atoms with Crippen LogP contribution in [0.5, 0.6) is 0 Å². The molecule has 0 saturated heterocycles. The maximum atomic E-state index is 13.8. The highest BCUT2D eigenvalue weighted by molar-refractivity contribution is 6.35. The summed E-state index contributed by atoms with van der Waals surface area (Å²) >= 11 is 11.8. The van der Waals surface area contributed by atoms with Crippen LogP contribution in [0.25, 0.3) is 11.3 Å². The van der Waals surface area contributed by atoms with Crippen molar-refractivity contribution in [2.24, 2.45) is 0 Å². The first-order valence-corrected chi connectivity index (χ1v) is 8.25. The van der Waals surface area contributed by atoms with Crippen LogP contribution in [-0.2, 0) is 11.3 Å². The summed E-state index contributed by atoms with van der Waals surface area (Å²) in [7, 11) is 0. The molecule has 1 heterocycles. The lowest BCUT2D eigenvalue weighted by Crippen LogP contribution is -2.27. The van der Waals surface area contributed by atoms with Crippen LogP contribution >= 0.6 is 23.2 Å². The van der Waals surface area contributed by atoms with Gasteiger partial charge in [0, 0.05) is 27.4 Å². The summed E-state index contributed by atoms with van der Waals surface area (Å²) in [5.41, 5.74) is 0.357. The third-order valence-electron chi connectivity index (χ3n) is 3.49. The van der Waals surface area contributed by atoms with Crippen molar-refractivity contribution >= 4 is 34.8 Å². The molecule has 0 unspecified atom stereocenters. The summed E-state index contributed by atoms with van der Waals surface area (Å²) < 4.78 is 14.9. The monoisotopic (exact) mass is 391 g/mol. The van der Waals surface area contributed by atoms with E-state index in [0.717, 1.165) is 4.57 Å². The number of benzene rings is 2. The molecule has 0 radical (unpaired) electrons. The van der Waals surface area contributed by atoms with Gasteiger partial charge in [0.15, 0.2) is 0 Å². The molecule has 0 aliphatic heterocycles. The molecule has 3 rings (SSSR count). The lowest BCUT2D eigenvalue weighted by molar-refractivity contribution is -0.116. The van der Waals surface area contributed by atoms with Crippen LogP contribution in [0, 0.1) is 5.82 Å². The van der Waals surface area contributed by atoms with Crippen LogP contribution in [0.3, 0.4) is 0 Å². The number of nitrogens with zero attached hydrogens (tertiary/aromatic N) is 2. The fourth-order valence-corrected chi connectivity index (χ4v) is 2.87. The van der Waals surface area contributed by atoms with Gasteiger partial charge in [-0.15, -0.1) is 0 Å². The Bertz CT molecular complexity index is 1020. The molecular formula is C18H12Cl2FN3O2. The van der Waals surface area contributed by atoms with Gasteiger partial charge in [-0.2, -0.15) is 0 Å². The van der Waals surface area contributed by atoms with E-state index >= 15 is 0 Å². The highest BCUT2D eigenvalue weighted by Gasteiger charge is 2.10. The van der Waals surface area contributed by atoms with E-state index in [1.807, 2.05) is 0 Å². The summed E-state index contributed by atoms with van der Waals surface area (Å²) in [5.74, 6) is -0.932. The van der Waals surface area contributed by atoms with E-state index in [9.17, 15) is 14.0 Å². The summed E-state index contributed by atoms with van der Waals surface area (Å²) in [6.07, 6.45) is 1.20. The standard InChI is InChI=1S/C18H12Cl2FN3O2/c19-11-5-12(20)7-13(6-11)23-17(25)9-24-10-22-16(8-18(24)26)14-3-1-2-4-15(14)21/h1-8,10H,9H2,(H,23,25). The van der Waals surface area contributed by atoms with Gasteiger partial charge < -0.3 is 5.32 Å². The minimum Gasteiger partial charge on any atom is -0.324 e. The average Bonchev–Trinajstić information content (AvgIpc) is 2.56. The van der Waals surface area contributed by atoms with Gasteiger partial charge in [-0.05, 0) is 30.3 Å². The van der Waals surface area contributed by atoms with E-state index in [0.29, 0.717) is 15.7 Å². The first-order chi connectivity index (χ1) is 12.4. The zero-order chi connectivity index (χ0) is 18.7. The zero-order valence-corrected chi connectivity index (χ0v) is 14.8. The Hall–Kier alpha value is -2.70. The summed E-state index contributed by atoms with van der Waals surface area (Å²) in [5, 5.41) is 3.35. The molecule has 1 N–H and O–H groups in total. The highest BCUT2D eigenvalue weighted by Crippen LogP contribution is 2.22. The van der Waals surface area contributed by atoms with Crippen LogP contribution in [0.1, 0.15) is 0 Å². The molecule has 26 heavy (non-hydrogen) atoms. The molecule has 0 atom stereocenters. The summed E-state index contributed by atoms with van der Waals surface area (Å²) in [4.78, 5) is 28.4. The van der Waals surface area contributed by atoms with Crippen molar-refractivity contribution in [1.82, 2.24) is 9.55 Å². The fraction of sp³-hybridized carbons (Fsp3) is 0.0556. The summed E-state index contributed by atoms with van der Waals surface area (Å²) in [6, 6.07) is 11.8. The van der Waals surface area contributed by atoms with Gasteiger partial charge in [0.2, 0.25) is 5.91 Å². The van der Waals surface area contributed by atoms with Crippen LogP contribution in [0.4, 0.5) is 10.1 Å². The number of carbonyl (C=O) groups excluding carboxylic acids is 1. The maximum absolute atomic E-state index is 13.8. The third-order valence-corrected chi connectivity index (χ3v) is 3.93. The van der Waals surface area contributed by atoms with E-state index in [4.69, 9.17) is 23.2 Å². The van der Waals surface area contributed by atoms with E-state index in [2.05, 4.69) is 10.3 Å². The number of halogens is 3. The average molecular weight is 392 g/mol.